The van der Waals surface area contributed by atoms with Crippen molar-refractivity contribution in [1.82, 2.24) is 0 Å². The van der Waals surface area contributed by atoms with Crippen LogP contribution in [0.5, 0.6) is 0 Å². The largest absolute Gasteiger partial charge is 0.465 e. The number of anilines is 1. The van der Waals surface area contributed by atoms with Crippen LogP contribution in [0.15, 0.2) is 70.3 Å². The van der Waals surface area contributed by atoms with Gasteiger partial charge in [0.15, 0.2) is 0 Å². The van der Waals surface area contributed by atoms with Crippen molar-refractivity contribution < 1.29 is 19.2 Å². The van der Waals surface area contributed by atoms with Gasteiger partial charge in [0.1, 0.15) is 0 Å². The Morgan fingerprint density at radius 3 is 2.48 bits per heavy atom. The van der Waals surface area contributed by atoms with Crippen molar-refractivity contribution in [3.8, 4) is 0 Å². The molecule has 0 radical (unpaired) electrons. The number of methoxy groups -OCH3 is 1. The van der Waals surface area contributed by atoms with Gasteiger partial charge in [0, 0.05) is 22.7 Å². The number of rotatable bonds is 5. The van der Waals surface area contributed by atoms with Gasteiger partial charge in [-0.3, -0.25) is 19.8 Å². The van der Waals surface area contributed by atoms with Crippen molar-refractivity contribution in [3.05, 3.63) is 81.1 Å². The number of amides is 1. The predicted octanol–water partition coefficient (Wildman–Crippen LogP) is 4.19. The lowest BCUT2D eigenvalue weighted by atomic mass is 10.0. The molecule has 1 aliphatic heterocycles. The average molecular weight is 410 g/mol. The van der Waals surface area contributed by atoms with E-state index in [-0.39, 0.29) is 22.7 Å². The van der Waals surface area contributed by atoms with Gasteiger partial charge in [-0.15, -0.1) is 11.8 Å². The molecule has 0 unspecified atom stereocenters. The molecule has 0 saturated carbocycles. The molecule has 8 heteroatoms. The third-order valence-electron chi connectivity index (χ3n) is 4.52. The van der Waals surface area contributed by atoms with Crippen molar-refractivity contribution in [2.75, 3.05) is 18.3 Å². The van der Waals surface area contributed by atoms with E-state index < -0.39 is 10.9 Å². The number of nitrogens with zero attached hydrogens (tertiary/aromatic N) is 2. The monoisotopic (exact) mass is 410 g/mol. The molecule has 7 nitrogen and oxygen atoms in total. The van der Waals surface area contributed by atoms with Crippen molar-refractivity contribution in [3.63, 3.8) is 0 Å². The number of hydrogen-bond acceptors (Lipinski definition) is 6. The molecule has 148 valence electrons. The normalized spacial score (nSPS) is 15.2. The molecule has 0 saturated heterocycles. The summed E-state index contributed by atoms with van der Waals surface area (Å²) < 4.78 is 4.89. The molecule has 2 aromatic carbocycles. The summed E-state index contributed by atoms with van der Waals surface area (Å²) >= 11 is 1.55. The van der Waals surface area contributed by atoms with Gasteiger partial charge in [-0.1, -0.05) is 6.07 Å². The van der Waals surface area contributed by atoms with Gasteiger partial charge < -0.3 is 4.74 Å². The minimum absolute atomic E-state index is 0.0553. The zero-order valence-electron chi connectivity index (χ0n) is 16.0. The molecule has 0 bridgehead atoms. The molecule has 0 atom stereocenters. The zero-order valence-corrected chi connectivity index (χ0v) is 16.9. The van der Waals surface area contributed by atoms with Crippen LogP contribution in [0.1, 0.15) is 12.5 Å². The first-order valence-electron chi connectivity index (χ1n) is 8.61. The number of thioether (sulfide) groups is 1. The van der Waals surface area contributed by atoms with Crippen LogP contribution >= 0.6 is 11.8 Å². The standard InChI is InChI=1S/C21H18N2O5S/c1-13-19(21(25)28-2)18(11-14-7-9-15(10-8-14)23(26)27)20(24)22(13)16-5-4-6-17(12-16)29-3/h4-12H,1-3H3/b18-11-. The number of hydrogen-bond donors (Lipinski definition) is 0. The van der Waals surface area contributed by atoms with Gasteiger partial charge in [-0.2, -0.15) is 0 Å². The molecule has 3 rings (SSSR count). The maximum Gasteiger partial charge on any atom is 0.340 e. The summed E-state index contributed by atoms with van der Waals surface area (Å²) in [4.78, 5) is 38.4. The summed E-state index contributed by atoms with van der Waals surface area (Å²) in [5.74, 6) is -0.980. The highest BCUT2D eigenvalue weighted by atomic mass is 32.2. The van der Waals surface area contributed by atoms with Crippen LogP contribution in [0.2, 0.25) is 0 Å². The summed E-state index contributed by atoms with van der Waals surface area (Å²) in [6, 6.07) is 13.2. The second-order valence-electron chi connectivity index (χ2n) is 6.20. The summed E-state index contributed by atoms with van der Waals surface area (Å²) in [6.07, 6.45) is 3.48. The van der Waals surface area contributed by atoms with E-state index in [2.05, 4.69) is 0 Å². The highest BCUT2D eigenvalue weighted by Gasteiger charge is 2.37. The molecule has 0 aromatic heterocycles. The van der Waals surface area contributed by atoms with E-state index in [0.717, 1.165) is 4.90 Å². The van der Waals surface area contributed by atoms with Gasteiger partial charge in [0.2, 0.25) is 0 Å². The second kappa shape index (κ2) is 8.32. The van der Waals surface area contributed by atoms with Gasteiger partial charge in [-0.25, -0.2) is 4.79 Å². The molecule has 2 aromatic rings. The maximum atomic E-state index is 13.2. The van der Waals surface area contributed by atoms with Gasteiger partial charge in [0.05, 0.1) is 28.9 Å². The number of ether oxygens (including phenoxy) is 1. The van der Waals surface area contributed by atoms with Crippen molar-refractivity contribution in [2.24, 2.45) is 0 Å². The van der Waals surface area contributed by atoms with Gasteiger partial charge >= 0.3 is 5.97 Å². The Kier molecular flexibility index (Phi) is 5.84. The summed E-state index contributed by atoms with van der Waals surface area (Å²) in [5, 5.41) is 10.8. The van der Waals surface area contributed by atoms with Crippen LogP contribution in [0.3, 0.4) is 0 Å². The average Bonchev–Trinajstić information content (AvgIpc) is 2.97. The maximum absolute atomic E-state index is 13.2. The Morgan fingerprint density at radius 2 is 1.90 bits per heavy atom. The number of nitro benzene ring substituents is 1. The van der Waals surface area contributed by atoms with E-state index in [1.54, 1.807) is 30.8 Å². The highest BCUT2D eigenvalue weighted by molar-refractivity contribution is 7.98. The lowest BCUT2D eigenvalue weighted by molar-refractivity contribution is -0.384. The molecular weight excluding hydrogens is 392 g/mol. The van der Waals surface area contributed by atoms with Gasteiger partial charge in [-0.05, 0) is 55.2 Å². The molecule has 0 spiro atoms. The van der Waals surface area contributed by atoms with Crippen LogP contribution in [-0.2, 0) is 14.3 Å². The number of nitro groups is 1. The summed E-state index contributed by atoms with van der Waals surface area (Å²) in [5.41, 5.74) is 1.97. The first-order chi connectivity index (χ1) is 13.9. The van der Waals surface area contributed by atoms with E-state index >= 15 is 0 Å². The van der Waals surface area contributed by atoms with Crippen molar-refractivity contribution in [1.29, 1.82) is 0 Å². The van der Waals surface area contributed by atoms with Crippen LogP contribution in [0.4, 0.5) is 11.4 Å². The first-order valence-corrected chi connectivity index (χ1v) is 9.84. The minimum atomic E-state index is -0.618. The Labute approximate surface area is 171 Å². The molecular formula is C21H18N2O5S. The van der Waals surface area contributed by atoms with E-state index in [1.165, 1.54) is 36.3 Å². The summed E-state index contributed by atoms with van der Waals surface area (Å²) in [6.45, 7) is 1.69. The van der Waals surface area contributed by atoms with Gasteiger partial charge in [0.25, 0.3) is 11.6 Å². The minimum Gasteiger partial charge on any atom is -0.465 e. The zero-order chi connectivity index (χ0) is 21.1. The summed E-state index contributed by atoms with van der Waals surface area (Å²) in [7, 11) is 1.26. The van der Waals surface area contributed by atoms with E-state index in [9.17, 15) is 19.7 Å². The van der Waals surface area contributed by atoms with Crippen LogP contribution in [0, 0.1) is 10.1 Å². The van der Waals surface area contributed by atoms with Crippen LogP contribution in [0.25, 0.3) is 6.08 Å². The topological polar surface area (TPSA) is 89.8 Å². The van der Waals surface area contributed by atoms with Crippen LogP contribution < -0.4 is 4.90 Å². The molecule has 1 aliphatic rings. The Hall–Kier alpha value is -3.39. The lowest BCUT2D eigenvalue weighted by Gasteiger charge is -2.18. The molecule has 0 aliphatic carbocycles. The fraction of sp³-hybridized carbons (Fsp3) is 0.143. The molecule has 0 fully saturated rings. The molecule has 1 amide bonds. The van der Waals surface area contributed by atoms with Crippen molar-refractivity contribution in [2.45, 2.75) is 11.8 Å². The lowest BCUT2D eigenvalue weighted by Crippen LogP contribution is -2.24. The fourth-order valence-corrected chi connectivity index (χ4v) is 3.55. The van der Waals surface area contributed by atoms with Crippen molar-refractivity contribution >= 4 is 41.1 Å². The number of non-ortho nitro benzene ring substituents is 1. The number of benzene rings is 2. The molecule has 1 heterocycles. The van der Waals surface area contributed by atoms with E-state index in [1.807, 2.05) is 24.5 Å². The second-order valence-corrected chi connectivity index (χ2v) is 7.08. The third kappa shape index (κ3) is 3.93. The Bertz CT molecular complexity index is 1060. The fourth-order valence-electron chi connectivity index (χ4n) is 3.10. The number of carbonyl (C=O) groups is 2. The van der Waals surface area contributed by atoms with Crippen LogP contribution in [-0.4, -0.2) is 30.2 Å². The number of allylic oxidation sites excluding steroid dienone is 1. The molecule has 0 N–H and O–H groups in total. The first kappa shape index (κ1) is 20.3. The van der Waals surface area contributed by atoms with E-state index in [4.69, 9.17) is 4.74 Å². The number of esters is 1. The highest BCUT2D eigenvalue weighted by Crippen LogP contribution is 2.36. The Balaban J connectivity index is 2.09. The smallest absolute Gasteiger partial charge is 0.340 e. The predicted molar refractivity (Wildman–Crippen MR) is 111 cm³/mol. The molecule has 29 heavy (non-hydrogen) atoms. The van der Waals surface area contributed by atoms with E-state index in [0.29, 0.717) is 16.9 Å². The quantitative estimate of drug-likeness (QED) is 0.241. The number of carbonyl (C=O) groups excluding carboxylic acids is 2. The third-order valence-corrected chi connectivity index (χ3v) is 5.24. The Morgan fingerprint density at radius 1 is 1.21 bits per heavy atom. The SMILES string of the molecule is COC(=O)C1=C(C)N(c2cccc(SC)c2)C(=O)/C1=C\c1ccc([N+](=O)[O-])cc1.